The van der Waals surface area contributed by atoms with E-state index in [-0.39, 0.29) is 0 Å². The van der Waals surface area contributed by atoms with Gasteiger partial charge in [0.1, 0.15) is 18.0 Å². The Bertz CT molecular complexity index is 527. The van der Waals surface area contributed by atoms with Crippen LogP contribution in [0, 0.1) is 0 Å². The van der Waals surface area contributed by atoms with Crippen molar-refractivity contribution in [1.29, 1.82) is 0 Å². The van der Waals surface area contributed by atoms with E-state index in [1.54, 1.807) is 0 Å². The van der Waals surface area contributed by atoms with Crippen LogP contribution in [-0.2, 0) is 12.8 Å². The molecule has 2 heterocycles. The number of aromatic nitrogens is 3. The fraction of sp³-hybridized carbons (Fsp3) is 0.357. The largest absolute Gasteiger partial charge is 0.383 e. The van der Waals surface area contributed by atoms with Gasteiger partial charge in [0.25, 0.3) is 0 Å². The third kappa shape index (κ3) is 3.19. The van der Waals surface area contributed by atoms with E-state index in [9.17, 15) is 0 Å². The molecule has 0 fully saturated rings. The van der Waals surface area contributed by atoms with Gasteiger partial charge in [-0.1, -0.05) is 6.92 Å². The van der Waals surface area contributed by atoms with E-state index in [2.05, 4.69) is 26.8 Å². The maximum atomic E-state index is 5.89. The minimum atomic E-state index is 0.572. The molecule has 5 nitrogen and oxygen atoms in total. The van der Waals surface area contributed by atoms with Crippen molar-refractivity contribution in [2.24, 2.45) is 0 Å². The normalized spacial score (nSPS) is 10.4. The molecule has 0 unspecified atom stereocenters. The molecule has 0 spiro atoms. The van der Waals surface area contributed by atoms with E-state index in [4.69, 9.17) is 5.73 Å². The van der Waals surface area contributed by atoms with Crippen molar-refractivity contribution in [3.8, 4) is 0 Å². The third-order valence-electron chi connectivity index (χ3n) is 3.16. The fourth-order valence-electron chi connectivity index (χ4n) is 2.04. The van der Waals surface area contributed by atoms with Gasteiger partial charge in [0.15, 0.2) is 0 Å². The van der Waals surface area contributed by atoms with Crippen LogP contribution in [-0.4, -0.2) is 28.5 Å². The molecular formula is C14H19N5. The monoisotopic (exact) mass is 257 g/mol. The average molecular weight is 257 g/mol. The Hall–Kier alpha value is -2.17. The summed E-state index contributed by atoms with van der Waals surface area (Å²) >= 11 is 0. The van der Waals surface area contributed by atoms with E-state index < -0.39 is 0 Å². The van der Waals surface area contributed by atoms with Crippen molar-refractivity contribution in [3.05, 3.63) is 42.0 Å². The number of pyridine rings is 1. The minimum Gasteiger partial charge on any atom is -0.383 e. The molecule has 2 rings (SSSR count). The number of hydrogen-bond donors (Lipinski definition) is 1. The molecule has 2 N–H and O–H groups in total. The van der Waals surface area contributed by atoms with Gasteiger partial charge >= 0.3 is 0 Å². The van der Waals surface area contributed by atoms with Gasteiger partial charge in [0, 0.05) is 31.5 Å². The van der Waals surface area contributed by atoms with Gasteiger partial charge < -0.3 is 10.6 Å². The first-order valence-corrected chi connectivity index (χ1v) is 6.41. The van der Waals surface area contributed by atoms with Crippen molar-refractivity contribution in [2.45, 2.75) is 19.8 Å². The molecule has 100 valence electrons. The number of anilines is 2. The second-order valence-corrected chi connectivity index (χ2v) is 4.44. The first kappa shape index (κ1) is 13.3. The summed E-state index contributed by atoms with van der Waals surface area (Å²) in [4.78, 5) is 14.5. The zero-order valence-electron chi connectivity index (χ0n) is 11.4. The second-order valence-electron chi connectivity index (χ2n) is 4.44. The Morgan fingerprint density at radius 2 is 1.95 bits per heavy atom. The van der Waals surface area contributed by atoms with Crippen LogP contribution in [0.4, 0.5) is 11.6 Å². The van der Waals surface area contributed by atoms with Gasteiger partial charge in [-0.2, -0.15) is 0 Å². The maximum absolute atomic E-state index is 5.89. The summed E-state index contributed by atoms with van der Waals surface area (Å²) in [6.45, 7) is 2.95. The van der Waals surface area contributed by atoms with Crippen molar-refractivity contribution >= 4 is 11.6 Å². The lowest BCUT2D eigenvalue weighted by molar-refractivity contribution is 0.842. The number of likely N-dealkylation sites (N-methyl/N-ethyl adjacent to an activating group) is 1. The van der Waals surface area contributed by atoms with Crippen LogP contribution >= 0.6 is 0 Å². The number of nitrogen functional groups attached to an aromatic ring is 1. The van der Waals surface area contributed by atoms with E-state index in [1.165, 1.54) is 11.9 Å². The summed E-state index contributed by atoms with van der Waals surface area (Å²) in [5, 5.41) is 0. The van der Waals surface area contributed by atoms with Crippen LogP contribution in [0.25, 0.3) is 0 Å². The summed E-state index contributed by atoms with van der Waals surface area (Å²) in [6.07, 6.45) is 6.94. The quantitative estimate of drug-likeness (QED) is 0.883. The van der Waals surface area contributed by atoms with Crippen LogP contribution in [0.3, 0.4) is 0 Å². The summed E-state index contributed by atoms with van der Waals surface area (Å²) in [7, 11) is 2.03. The molecule has 2 aromatic heterocycles. The zero-order valence-corrected chi connectivity index (χ0v) is 11.4. The van der Waals surface area contributed by atoms with Crippen molar-refractivity contribution in [3.63, 3.8) is 0 Å². The predicted octanol–water partition coefficient (Wildman–Crippen LogP) is 1.70. The average Bonchev–Trinajstić information content (AvgIpc) is 2.45. The highest BCUT2D eigenvalue weighted by molar-refractivity contribution is 5.56. The van der Waals surface area contributed by atoms with Crippen molar-refractivity contribution < 1.29 is 0 Å². The first-order valence-electron chi connectivity index (χ1n) is 6.41. The third-order valence-corrected chi connectivity index (χ3v) is 3.16. The summed E-state index contributed by atoms with van der Waals surface area (Å²) in [5.74, 6) is 1.49. The maximum Gasteiger partial charge on any atom is 0.137 e. The number of hydrogen-bond acceptors (Lipinski definition) is 5. The van der Waals surface area contributed by atoms with Crippen LogP contribution in [0.15, 0.2) is 30.9 Å². The smallest absolute Gasteiger partial charge is 0.137 e. The van der Waals surface area contributed by atoms with Gasteiger partial charge in [-0.25, -0.2) is 9.97 Å². The molecular weight excluding hydrogens is 238 g/mol. The Morgan fingerprint density at radius 1 is 1.21 bits per heavy atom. The molecule has 19 heavy (non-hydrogen) atoms. The summed E-state index contributed by atoms with van der Waals surface area (Å²) in [5.41, 5.74) is 8.17. The molecule has 0 saturated heterocycles. The molecule has 0 aromatic carbocycles. The van der Waals surface area contributed by atoms with E-state index in [1.807, 2.05) is 31.6 Å². The zero-order chi connectivity index (χ0) is 13.7. The van der Waals surface area contributed by atoms with E-state index in [0.717, 1.165) is 30.8 Å². The lowest BCUT2D eigenvalue weighted by Crippen LogP contribution is -2.23. The topological polar surface area (TPSA) is 67.9 Å². The molecule has 0 saturated carbocycles. The fourth-order valence-corrected chi connectivity index (χ4v) is 2.04. The number of nitrogens with two attached hydrogens (primary N) is 1. The van der Waals surface area contributed by atoms with Crippen LogP contribution in [0.2, 0.25) is 0 Å². The van der Waals surface area contributed by atoms with Crippen LogP contribution < -0.4 is 10.6 Å². The van der Waals surface area contributed by atoms with E-state index in [0.29, 0.717) is 5.82 Å². The molecule has 0 bridgehead atoms. The van der Waals surface area contributed by atoms with E-state index >= 15 is 0 Å². The van der Waals surface area contributed by atoms with Crippen molar-refractivity contribution in [1.82, 2.24) is 15.0 Å². The van der Waals surface area contributed by atoms with Gasteiger partial charge in [-0.15, -0.1) is 0 Å². The molecule has 0 aliphatic rings. The number of nitrogens with zero attached hydrogens (tertiary/aromatic N) is 4. The summed E-state index contributed by atoms with van der Waals surface area (Å²) in [6, 6.07) is 4.06. The minimum absolute atomic E-state index is 0.572. The predicted molar refractivity (Wildman–Crippen MR) is 77.0 cm³/mol. The lowest BCUT2D eigenvalue weighted by atomic mass is 10.1. The van der Waals surface area contributed by atoms with Gasteiger partial charge in [0.05, 0.1) is 0 Å². The Labute approximate surface area is 113 Å². The second kappa shape index (κ2) is 6.13. The lowest BCUT2D eigenvalue weighted by Gasteiger charge is -2.21. The Balaban J connectivity index is 2.08. The SMILES string of the molecule is CCc1c(N)ncnc1N(C)CCc1ccncc1. The first-order chi connectivity index (χ1) is 9.22. The molecule has 0 radical (unpaired) electrons. The van der Waals surface area contributed by atoms with Crippen molar-refractivity contribution in [2.75, 3.05) is 24.2 Å². The van der Waals surface area contributed by atoms with Gasteiger partial charge in [-0.3, -0.25) is 4.98 Å². The molecule has 2 aromatic rings. The Kier molecular flexibility index (Phi) is 4.28. The molecule has 0 atom stereocenters. The van der Waals surface area contributed by atoms with Gasteiger partial charge in [0.2, 0.25) is 0 Å². The molecule has 0 aliphatic heterocycles. The summed E-state index contributed by atoms with van der Waals surface area (Å²) < 4.78 is 0. The Morgan fingerprint density at radius 3 is 2.63 bits per heavy atom. The molecule has 0 aliphatic carbocycles. The van der Waals surface area contributed by atoms with Crippen LogP contribution in [0.1, 0.15) is 18.1 Å². The molecule has 5 heteroatoms. The highest BCUT2D eigenvalue weighted by atomic mass is 15.2. The molecule has 0 amide bonds. The highest BCUT2D eigenvalue weighted by Crippen LogP contribution is 2.20. The highest BCUT2D eigenvalue weighted by Gasteiger charge is 2.11. The van der Waals surface area contributed by atoms with Crippen LogP contribution in [0.5, 0.6) is 0 Å². The van der Waals surface area contributed by atoms with Gasteiger partial charge in [-0.05, 0) is 30.5 Å². The number of rotatable bonds is 5. The standard InChI is InChI=1S/C14H19N5/c1-3-12-13(15)17-10-18-14(12)19(2)9-6-11-4-7-16-8-5-11/h4-5,7-8,10H,3,6,9H2,1-2H3,(H2,15,17,18).